The first kappa shape index (κ1) is 9.90. The third-order valence-corrected chi connectivity index (χ3v) is 3.20. The molecule has 2 rings (SSSR count). The van der Waals surface area contributed by atoms with Crippen molar-refractivity contribution in [2.24, 2.45) is 11.8 Å². The predicted octanol–water partition coefficient (Wildman–Crippen LogP) is 0.412. The largest absolute Gasteiger partial charge is 0.340 e. The van der Waals surface area contributed by atoms with Gasteiger partial charge in [-0.2, -0.15) is 0 Å². The van der Waals surface area contributed by atoms with Crippen LogP contribution in [-0.2, 0) is 4.79 Å². The number of nitrogens with one attached hydrogen (secondary N) is 1. The molecule has 80 valence electrons. The van der Waals surface area contributed by atoms with E-state index in [9.17, 15) is 9.18 Å². The van der Waals surface area contributed by atoms with Crippen molar-refractivity contribution in [2.45, 2.75) is 19.5 Å². The van der Waals surface area contributed by atoms with Gasteiger partial charge in [0.05, 0.1) is 0 Å². The monoisotopic (exact) mass is 200 g/mol. The molecule has 2 fully saturated rings. The Balaban J connectivity index is 1.87. The summed E-state index contributed by atoms with van der Waals surface area (Å²) in [6.45, 7) is 4.87. The molecular formula is C10H17FN2O. The molecule has 2 saturated heterocycles. The Morgan fingerprint density at radius 2 is 2.29 bits per heavy atom. The first-order valence-corrected chi connectivity index (χ1v) is 5.32. The van der Waals surface area contributed by atoms with Gasteiger partial charge in [-0.25, -0.2) is 4.39 Å². The second kappa shape index (κ2) is 3.85. The minimum atomic E-state index is -1.28. The van der Waals surface area contributed by atoms with E-state index < -0.39 is 6.17 Å². The van der Waals surface area contributed by atoms with Crippen molar-refractivity contribution >= 4 is 5.91 Å². The number of rotatable bonds is 2. The van der Waals surface area contributed by atoms with Gasteiger partial charge in [-0.1, -0.05) is 6.92 Å². The molecule has 2 aliphatic rings. The predicted molar refractivity (Wildman–Crippen MR) is 51.6 cm³/mol. The Morgan fingerprint density at radius 1 is 1.57 bits per heavy atom. The molecule has 2 heterocycles. The van der Waals surface area contributed by atoms with Crippen LogP contribution >= 0.6 is 0 Å². The summed E-state index contributed by atoms with van der Waals surface area (Å²) >= 11 is 0. The number of alkyl halides is 1. The van der Waals surface area contributed by atoms with E-state index in [-0.39, 0.29) is 11.8 Å². The zero-order chi connectivity index (χ0) is 10.1. The molecule has 3 nitrogen and oxygen atoms in total. The molecule has 0 aromatic carbocycles. The fraction of sp³-hybridized carbons (Fsp3) is 0.900. The van der Waals surface area contributed by atoms with Gasteiger partial charge in [-0.15, -0.1) is 0 Å². The summed E-state index contributed by atoms with van der Waals surface area (Å²) in [4.78, 5) is 13.3. The SMILES string of the molecule is CC1CCN(C(=O)C(F)C2CNC2)C1. The van der Waals surface area contributed by atoms with Gasteiger partial charge in [0.1, 0.15) is 0 Å². The normalized spacial score (nSPS) is 30.1. The minimum Gasteiger partial charge on any atom is -0.340 e. The second-order valence-corrected chi connectivity index (χ2v) is 4.50. The Morgan fingerprint density at radius 3 is 2.71 bits per heavy atom. The Hall–Kier alpha value is -0.640. The van der Waals surface area contributed by atoms with Gasteiger partial charge in [-0.3, -0.25) is 4.79 Å². The molecular weight excluding hydrogens is 183 g/mol. The minimum absolute atomic E-state index is 0.0848. The zero-order valence-electron chi connectivity index (χ0n) is 8.50. The maximum atomic E-state index is 13.6. The first-order chi connectivity index (χ1) is 6.68. The molecule has 2 unspecified atom stereocenters. The van der Waals surface area contributed by atoms with Crippen LogP contribution in [-0.4, -0.2) is 43.2 Å². The highest BCUT2D eigenvalue weighted by Crippen LogP contribution is 2.20. The molecule has 4 heteroatoms. The van der Waals surface area contributed by atoms with E-state index in [1.807, 2.05) is 0 Å². The van der Waals surface area contributed by atoms with Gasteiger partial charge in [0.25, 0.3) is 5.91 Å². The lowest BCUT2D eigenvalue weighted by Gasteiger charge is -2.31. The van der Waals surface area contributed by atoms with Crippen LogP contribution in [0.5, 0.6) is 0 Å². The summed E-state index contributed by atoms with van der Waals surface area (Å²) in [6, 6.07) is 0. The maximum Gasteiger partial charge on any atom is 0.257 e. The van der Waals surface area contributed by atoms with Gasteiger partial charge in [0.15, 0.2) is 6.17 Å². The number of hydrogen-bond donors (Lipinski definition) is 1. The first-order valence-electron chi connectivity index (χ1n) is 5.32. The number of carbonyl (C=O) groups excluding carboxylic acids is 1. The summed E-state index contributed by atoms with van der Waals surface area (Å²) in [6.07, 6.45) is -0.261. The van der Waals surface area contributed by atoms with Gasteiger partial charge in [0.2, 0.25) is 0 Å². The lowest BCUT2D eigenvalue weighted by Crippen LogP contribution is -2.52. The smallest absolute Gasteiger partial charge is 0.257 e. The van der Waals surface area contributed by atoms with Crippen LogP contribution in [0.2, 0.25) is 0 Å². The molecule has 0 spiro atoms. The molecule has 0 radical (unpaired) electrons. The van der Waals surface area contributed by atoms with Crippen LogP contribution in [0, 0.1) is 11.8 Å². The van der Waals surface area contributed by atoms with Crippen LogP contribution in [0.4, 0.5) is 4.39 Å². The van der Waals surface area contributed by atoms with Crippen molar-refractivity contribution in [1.29, 1.82) is 0 Å². The number of amides is 1. The fourth-order valence-corrected chi connectivity index (χ4v) is 2.03. The lowest BCUT2D eigenvalue weighted by molar-refractivity contribution is -0.138. The highest BCUT2D eigenvalue weighted by molar-refractivity contribution is 5.81. The van der Waals surface area contributed by atoms with Crippen LogP contribution in [0.3, 0.4) is 0 Å². The second-order valence-electron chi connectivity index (χ2n) is 4.50. The topological polar surface area (TPSA) is 32.3 Å². The van der Waals surface area contributed by atoms with Crippen LogP contribution < -0.4 is 5.32 Å². The van der Waals surface area contributed by atoms with E-state index in [0.717, 1.165) is 19.5 Å². The zero-order valence-corrected chi connectivity index (χ0v) is 8.50. The molecule has 2 aliphatic heterocycles. The van der Waals surface area contributed by atoms with Crippen molar-refractivity contribution < 1.29 is 9.18 Å². The van der Waals surface area contributed by atoms with E-state index in [4.69, 9.17) is 0 Å². The van der Waals surface area contributed by atoms with E-state index in [1.165, 1.54) is 0 Å². The van der Waals surface area contributed by atoms with Crippen LogP contribution in [0.15, 0.2) is 0 Å². The van der Waals surface area contributed by atoms with Gasteiger partial charge in [0, 0.05) is 32.1 Å². The van der Waals surface area contributed by atoms with Crippen LogP contribution in [0.1, 0.15) is 13.3 Å². The average molecular weight is 200 g/mol. The van der Waals surface area contributed by atoms with Crippen molar-refractivity contribution in [3.05, 3.63) is 0 Å². The van der Waals surface area contributed by atoms with E-state index >= 15 is 0 Å². The summed E-state index contributed by atoms with van der Waals surface area (Å²) in [5, 5.41) is 2.99. The standard InChI is InChI=1S/C10H17FN2O/c1-7-2-3-13(6-7)10(14)9(11)8-4-12-5-8/h7-9,12H,2-6H2,1H3. The Kier molecular flexibility index (Phi) is 2.72. The molecule has 1 amide bonds. The van der Waals surface area contributed by atoms with Crippen molar-refractivity contribution in [2.75, 3.05) is 26.2 Å². The molecule has 1 N–H and O–H groups in total. The molecule has 0 bridgehead atoms. The summed E-state index contributed by atoms with van der Waals surface area (Å²) in [5.41, 5.74) is 0. The summed E-state index contributed by atoms with van der Waals surface area (Å²) < 4.78 is 13.6. The Labute approximate surface area is 83.6 Å². The molecule has 0 aromatic rings. The highest BCUT2D eigenvalue weighted by Gasteiger charge is 2.36. The molecule has 0 saturated carbocycles. The third-order valence-electron chi connectivity index (χ3n) is 3.20. The van der Waals surface area contributed by atoms with E-state index in [0.29, 0.717) is 19.0 Å². The molecule has 2 atom stereocenters. The lowest BCUT2D eigenvalue weighted by atomic mass is 9.96. The average Bonchev–Trinajstić information content (AvgIpc) is 2.47. The van der Waals surface area contributed by atoms with Gasteiger partial charge >= 0.3 is 0 Å². The molecule has 14 heavy (non-hydrogen) atoms. The van der Waals surface area contributed by atoms with Crippen LogP contribution in [0.25, 0.3) is 0 Å². The fourth-order valence-electron chi connectivity index (χ4n) is 2.03. The molecule has 0 aliphatic carbocycles. The number of carbonyl (C=O) groups is 1. The van der Waals surface area contributed by atoms with E-state index in [2.05, 4.69) is 12.2 Å². The maximum absolute atomic E-state index is 13.6. The number of nitrogens with zero attached hydrogens (tertiary/aromatic N) is 1. The highest BCUT2D eigenvalue weighted by atomic mass is 19.1. The van der Waals surface area contributed by atoms with Crippen molar-refractivity contribution in [3.8, 4) is 0 Å². The summed E-state index contributed by atoms with van der Waals surface area (Å²) in [5.74, 6) is 0.157. The third kappa shape index (κ3) is 1.75. The number of hydrogen-bond acceptors (Lipinski definition) is 2. The van der Waals surface area contributed by atoms with Crippen molar-refractivity contribution in [3.63, 3.8) is 0 Å². The van der Waals surface area contributed by atoms with E-state index in [1.54, 1.807) is 4.90 Å². The van der Waals surface area contributed by atoms with Gasteiger partial charge in [-0.05, 0) is 12.3 Å². The quantitative estimate of drug-likeness (QED) is 0.700. The molecule has 0 aromatic heterocycles. The Bertz CT molecular complexity index is 226. The van der Waals surface area contributed by atoms with Crippen molar-refractivity contribution in [1.82, 2.24) is 10.2 Å². The summed E-state index contributed by atoms with van der Waals surface area (Å²) in [7, 11) is 0. The number of halogens is 1. The van der Waals surface area contributed by atoms with Gasteiger partial charge < -0.3 is 10.2 Å². The number of likely N-dealkylation sites (tertiary alicyclic amines) is 1.